The van der Waals surface area contributed by atoms with Crippen molar-refractivity contribution in [2.24, 2.45) is 11.8 Å². The number of carboxylic acid groups (broad SMARTS) is 1. The van der Waals surface area contributed by atoms with Crippen molar-refractivity contribution >= 4 is 47.0 Å². The van der Waals surface area contributed by atoms with E-state index in [9.17, 15) is 24.6 Å². The number of aliphatic carboxylic acids is 1. The van der Waals surface area contributed by atoms with Crippen molar-refractivity contribution in [3.8, 4) is 6.07 Å². The molecule has 2 N–H and O–H groups in total. The molecule has 2 amide bonds. The van der Waals surface area contributed by atoms with Crippen LogP contribution in [0, 0.1) is 23.2 Å². The van der Waals surface area contributed by atoms with Gasteiger partial charge in [0.2, 0.25) is 5.91 Å². The summed E-state index contributed by atoms with van der Waals surface area (Å²) in [7, 11) is 0. The van der Waals surface area contributed by atoms with Gasteiger partial charge in [-0.1, -0.05) is 18.7 Å². The Morgan fingerprint density at radius 1 is 1.55 bits per heavy atom. The van der Waals surface area contributed by atoms with Crippen LogP contribution in [0.15, 0.2) is 21.5 Å². The molecule has 12 heteroatoms. The van der Waals surface area contributed by atoms with E-state index >= 15 is 0 Å². The van der Waals surface area contributed by atoms with Gasteiger partial charge in [0.25, 0.3) is 5.91 Å². The first-order valence-corrected chi connectivity index (χ1v) is 10.9. The SMILES string of the molecule is C[C@@H](O)[C@H]1C(=O)N2C(C(=O)[O-])=C(S/C=C\c3scnc3C(=O)NCCC#N)[C@H](C)[C@H]12.[Na+]. The van der Waals surface area contributed by atoms with Crippen LogP contribution in [0.4, 0.5) is 0 Å². The van der Waals surface area contributed by atoms with Gasteiger partial charge in [-0.3, -0.25) is 9.59 Å². The second-order valence-electron chi connectivity index (χ2n) is 6.90. The molecule has 1 aromatic heterocycles. The van der Waals surface area contributed by atoms with Gasteiger partial charge in [-0.25, -0.2) is 4.98 Å². The first-order valence-electron chi connectivity index (χ1n) is 9.18. The molecule has 31 heavy (non-hydrogen) atoms. The molecule has 158 valence electrons. The maximum atomic E-state index is 12.3. The van der Waals surface area contributed by atoms with Crippen LogP contribution in [-0.4, -0.2) is 51.5 Å². The molecular formula is C19H19N4NaO5S2. The van der Waals surface area contributed by atoms with Crippen LogP contribution in [0.2, 0.25) is 0 Å². The number of amides is 2. The fourth-order valence-corrected chi connectivity index (χ4v) is 5.46. The largest absolute Gasteiger partial charge is 1.00 e. The number of aliphatic hydroxyl groups excluding tert-OH is 1. The van der Waals surface area contributed by atoms with Crippen molar-refractivity contribution in [2.75, 3.05) is 6.54 Å². The van der Waals surface area contributed by atoms with E-state index in [1.165, 1.54) is 28.7 Å². The summed E-state index contributed by atoms with van der Waals surface area (Å²) in [6, 6.07) is 1.53. The van der Waals surface area contributed by atoms with Crippen molar-refractivity contribution in [3.63, 3.8) is 0 Å². The minimum Gasteiger partial charge on any atom is -0.543 e. The number of hydrogen-bond donors (Lipinski definition) is 2. The number of hydrogen-bond acceptors (Lipinski definition) is 9. The molecule has 0 unspecified atom stereocenters. The van der Waals surface area contributed by atoms with Gasteiger partial charge in [-0.15, -0.1) is 11.3 Å². The van der Waals surface area contributed by atoms with Gasteiger partial charge < -0.3 is 25.2 Å². The average molecular weight is 471 g/mol. The molecule has 3 rings (SSSR count). The van der Waals surface area contributed by atoms with Crippen molar-refractivity contribution in [3.05, 3.63) is 32.1 Å². The van der Waals surface area contributed by atoms with Gasteiger partial charge >= 0.3 is 29.6 Å². The molecule has 0 bridgehead atoms. The molecular weight excluding hydrogens is 451 g/mol. The van der Waals surface area contributed by atoms with Crippen LogP contribution >= 0.6 is 23.1 Å². The number of carbonyl (C=O) groups excluding carboxylic acids is 3. The molecule has 3 heterocycles. The Hall–Kier alpha value is -1.68. The number of nitriles is 1. The molecule has 0 saturated carbocycles. The van der Waals surface area contributed by atoms with E-state index in [2.05, 4.69) is 10.3 Å². The molecule has 2 aliphatic rings. The van der Waals surface area contributed by atoms with E-state index in [-0.39, 0.29) is 59.8 Å². The van der Waals surface area contributed by atoms with Crippen LogP contribution in [0.1, 0.15) is 35.6 Å². The molecule has 0 aliphatic carbocycles. The van der Waals surface area contributed by atoms with E-state index in [1.54, 1.807) is 11.5 Å². The van der Waals surface area contributed by atoms with Gasteiger partial charge in [0.15, 0.2) is 0 Å². The van der Waals surface area contributed by atoms with Gasteiger partial charge in [-0.2, -0.15) is 5.26 Å². The maximum absolute atomic E-state index is 12.3. The Labute approximate surface area is 209 Å². The number of β-lactam (4-membered cyclic amide) rings is 1. The van der Waals surface area contributed by atoms with Gasteiger partial charge in [-0.05, 0) is 18.4 Å². The number of rotatable bonds is 8. The first kappa shape index (κ1) is 25.6. The average Bonchev–Trinajstić information content (AvgIpc) is 3.23. The number of aromatic nitrogens is 1. The van der Waals surface area contributed by atoms with Crippen LogP contribution < -0.4 is 40.0 Å². The van der Waals surface area contributed by atoms with Gasteiger partial charge in [0.05, 0.1) is 52.6 Å². The summed E-state index contributed by atoms with van der Waals surface area (Å²) in [4.78, 5) is 42.5. The number of nitrogens with one attached hydrogen (secondary N) is 1. The number of thiazole rings is 1. The minimum atomic E-state index is -1.44. The Balaban J connectivity index is 0.00000341. The van der Waals surface area contributed by atoms with Crippen LogP contribution in [0.3, 0.4) is 0 Å². The minimum absolute atomic E-state index is 0. The number of fused-ring (bicyclic) bond motifs is 1. The summed E-state index contributed by atoms with van der Waals surface area (Å²) >= 11 is 2.39. The number of aliphatic hydroxyl groups is 1. The zero-order valence-electron chi connectivity index (χ0n) is 17.2. The third-order valence-corrected chi connectivity index (χ3v) is 6.93. The third-order valence-electron chi connectivity index (χ3n) is 5.05. The second-order valence-corrected chi connectivity index (χ2v) is 8.74. The van der Waals surface area contributed by atoms with Crippen molar-refractivity contribution in [1.29, 1.82) is 5.26 Å². The molecule has 4 atom stereocenters. The molecule has 0 radical (unpaired) electrons. The van der Waals surface area contributed by atoms with Crippen molar-refractivity contribution in [1.82, 2.24) is 15.2 Å². The molecule has 1 fully saturated rings. The molecule has 1 aromatic rings. The topological polar surface area (TPSA) is 146 Å². The monoisotopic (exact) mass is 470 g/mol. The summed E-state index contributed by atoms with van der Waals surface area (Å²) in [5.41, 5.74) is 1.57. The molecule has 9 nitrogen and oxygen atoms in total. The summed E-state index contributed by atoms with van der Waals surface area (Å²) in [5, 5.41) is 34.4. The smallest absolute Gasteiger partial charge is 0.543 e. The fourth-order valence-electron chi connectivity index (χ4n) is 3.70. The predicted octanol–water partition coefficient (Wildman–Crippen LogP) is -2.69. The fraction of sp³-hybridized carbons (Fsp3) is 0.421. The molecule has 1 saturated heterocycles. The zero-order valence-corrected chi connectivity index (χ0v) is 20.8. The number of thioether (sulfide) groups is 1. The maximum Gasteiger partial charge on any atom is 1.00 e. The Bertz CT molecular complexity index is 984. The Morgan fingerprint density at radius 3 is 2.87 bits per heavy atom. The first-order chi connectivity index (χ1) is 14.3. The normalized spacial score (nSPS) is 23.1. The van der Waals surface area contributed by atoms with Crippen LogP contribution in [-0.2, 0) is 9.59 Å². The van der Waals surface area contributed by atoms with E-state index in [1.807, 2.05) is 13.0 Å². The zero-order chi connectivity index (χ0) is 22.0. The summed E-state index contributed by atoms with van der Waals surface area (Å²) in [6.07, 6.45) is 0.972. The van der Waals surface area contributed by atoms with E-state index in [0.29, 0.717) is 9.78 Å². The quantitative estimate of drug-likeness (QED) is 0.237. The number of carboxylic acids is 1. The predicted molar refractivity (Wildman–Crippen MR) is 108 cm³/mol. The van der Waals surface area contributed by atoms with Crippen LogP contribution in [0.25, 0.3) is 6.08 Å². The van der Waals surface area contributed by atoms with Gasteiger partial charge in [0.1, 0.15) is 5.69 Å². The van der Waals surface area contributed by atoms with Crippen molar-refractivity contribution < 1.29 is 54.2 Å². The molecule has 2 aliphatic heterocycles. The molecule has 0 aromatic carbocycles. The number of carbonyl (C=O) groups is 3. The van der Waals surface area contributed by atoms with E-state index in [0.717, 1.165) is 11.8 Å². The molecule has 0 spiro atoms. The Kier molecular flexibility index (Phi) is 8.88. The summed E-state index contributed by atoms with van der Waals surface area (Å²) in [6.45, 7) is 3.55. The van der Waals surface area contributed by atoms with E-state index in [4.69, 9.17) is 5.26 Å². The van der Waals surface area contributed by atoms with E-state index < -0.39 is 35.8 Å². The second kappa shape index (κ2) is 10.8. The Morgan fingerprint density at radius 2 is 2.26 bits per heavy atom. The summed E-state index contributed by atoms with van der Waals surface area (Å²) in [5.74, 6) is -3.16. The van der Waals surface area contributed by atoms with Crippen LogP contribution in [0.5, 0.6) is 0 Å². The third kappa shape index (κ3) is 4.89. The number of nitrogens with zero attached hydrogens (tertiary/aromatic N) is 3. The van der Waals surface area contributed by atoms with Gasteiger partial charge in [0, 0.05) is 17.4 Å². The summed E-state index contributed by atoms with van der Waals surface area (Å²) < 4.78 is 0. The standard InChI is InChI=1S/C19H20N4O5S2.Na/c1-9-14-12(10(2)24)18(26)23(14)15(19(27)28)16(9)29-7-4-11-13(22-8-30-11)17(25)21-6-3-5-20;/h4,7-10,12,14,24H,3,6H2,1-2H3,(H,21,25)(H,27,28);/q;+1/p-1/b7-4-;/t9-,10-,12-,14-;/m1./s1. The van der Waals surface area contributed by atoms with Crippen molar-refractivity contribution in [2.45, 2.75) is 32.4 Å².